The molecule has 0 aromatic heterocycles. The number of benzene rings is 6. The second-order valence-electron chi connectivity index (χ2n) is 16.8. The number of carbonyl (C=O) groups is 1. The highest BCUT2D eigenvalue weighted by Crippen LogP contribution is 2.36. The van der Waals surface area contributed by atoms with E-state index in [0.29, 0.717) is 11.5 Å². The Morgan fingerprint density at radius 2 is 0.841 bits per heavy atom. The van der Waals surface area contributed by atoms with Gasteiger partial charge in [0.05, 0.1) is 40.1 Å². The largest absolute Gasteiger partial charge is 0.497 e. The standard InChI is InChI=1S/C56H60O13/c1-39(57)60-38-48-50(52(63-33-41-20-10-4-11-21-41)54(65-35-43-24-14-6-15-25-43)55(68-48)66-36-44-26-16-7-17-27-44)69-56-53(64-34-42-22-12-5-13-23-42)51(62-32-40-18-8-3-9-19-40)49(58)47(67-56)37-61-46-30-28-45(59-2)29-31-46/h3-31,47-56,58H,32-38H2,1-2H3/t47-,48-,49+,50+,51+,52+,53-,54-,55-,56-/m1/s1. The van der Waals surface area contributed by atoms with Crippen LogP contribution in [0.4, 0.5) is 0 Å². The molecule has 6 aromatic rings. The molecular weight excluding hydrogens is 881 g/mol. The fourth-order valence-corrected chi connectivity index (χ4v) is 8.21. The van der Waals surface area contributed by atoms with Crippen LogP contribution in [0.5, 0.6) is 11.5 Å². The van der Waals surface area contributed by atoms with Crippen molar-refractivity contribution in [1.82, 2.24) is 0 Å². The van der Waals surface area contributed by atoms with E-state index in [1.54, 1.807) is 31.4 Å². The van der Waals surface area contributed by atoms with Crippen molar-refractivity contribution in [3.63, 3.8) is 0 Å². The Morgan fingerprint density at radius 3 is 1.29 bits per heavy atom. The zero-order chi connectivity index (χ0) is 47.6. The molecule has 0 saturated carbocycles. The van der Waals surface area contributed by atoms with E-state index in [1.807, 2.05) is 152 Å². The molecule has 362 valence electrons. The first-order valence-electron chi connectivity index (χ1n) is 23.2. The van der Waals surface area contributed by atoms with Gasteiger partial charge in [0.2, 0.25) is 0 Å². The van der Waals surface area contributed by atoms with Crippen molar-refractivity contribution in [3.05, 3.63) is 204 Å². The monoisotopic (exact) mass is 940 g/mol. The summed E-state index contributed by atoms with van der Waals surface area (Å²) in [6, 6.07) is 55.7. The molecule has 2 saturated heterocycles. The van der Waals surface area contributed by atoms with E-state index in [0.717, 1.165) is 27.8 Å². The van der Waals surface area contributed by atoms with Crippen molar-refractivity contribution >= 4 is 5.97 Å². The Morgan fingerprint density at radius 1 is 0.449 bits per heavy atom. The Kier molecular flexibility index (Phi) is 18.3. The molecule has 10 atom stereocenters. The van der Waals surface area contributed by atoms with E-state index < -0.39 is 67.4 Å². The number of hydrogen-bond acceptors (Lipinski definition) is 13. The lowest BCUT2D eigenvalue weighted by Crippen LogP contribution is -2.66. The van der Waals surface area contributed by atoms with Crippen molar-refractivity contribution in [1.29, 1.82) is 0 Å². The summed E-state index contributed by atoms with van der Waals surface area (Å²) >= 11 is 0. The van der Waals surface area contributed by atoms with Gasteiger partial charge in [0, 0.05) is 6.92 Å². The third-order valence-corrected chi connectivity index (χ3v) is 11.8. The number of hydrogen-bond donors (Lipinski definition) is 1. The molecule has 0 amide bonds. The van der Waals surface area contributed by atoms with Gasteiger partial charge >= 0.3 is 5.97 Å². The van der Waals surface area contributed by atoms with E-state index in [2.05, 4.69) is 0 Å². The van der Waals surface area contributed by atoms with Gasteiger partial charge in [-0.1, -0.05) is 152 Å². The quantitative estimate of drug-likeness (QED) is 0.0616. The van der Waals surface area contributed by atoms with E-state index in [9.17, 15) is 9.90 Å². The lowest BCUT2D eigenvalue weighted by Gasteiger charge is -2.49. The van der Waals surface area contributed by atoms with Crippen LogP contribution >= 0.6 is 0 Å². The average Bonchev–Trinajstić information content (AvgIpc) is 3.39. The van der Waals surface area contributed by atoms with Gasteiger partial charge in [-0.05, 0) is 52.1 Å². The first-order valence-corrected chi connectivity index (χ1v) is 23.2. The fourth-order valence-electron chi connectivity index (χ4n) is 8.21. The second kappa shape index (κ2) is 25.6. The number of esters is 1. The molecule has 2 aliphatic heterocycles. The first-order chi connectivity index (χ1) is 33.9. The van der Waals surface area contributed by atoms with Crippen LogP contribution < -0.4 is 9.47 Å². The highest BCUT2D eigenvalue weighted by molar-refractivity contribution is 5.65. The summed E-state index contributed by atoms with van der Waals surface area (Å²) in [4.78, 5) is 12.6. The van der Waals surface area contributed by atoms with Crippen LogP contribution in [0.25, 0.3) is 0 Å². The SMILES string of the molecule is COc1ccc(OC[C@H]2O[C@H](O[C@@H]3[C@H](OCc4ccccc4)[C@@H](OCc4ccccc4)[C@H](OCc4ccccc4)O[C@@H]3COC(C)=O)[C@H](OCc3ccccc3)[C@@H](OCc3ccccc3)[C@H]2O)cc1. The van der Waals surface area contributed by atoms with Crippen molar-refractivity contribution in [3.8, 4) is 11.5 Å². The zero-order valence-electron chi connectivity index (χ0n) is 38.8. The Balaban J connectivity index is 1.18. The summed E-state index contributed by atoms with van der Waals surface area (Å²) < 4.78 is 72.0. The number of aliphatic hydroxyl groups excluding tert-OH is 1. The van der Waals surface area contributed by atoms with Gasteiger partial charge in [-0.3, -0.25) is 4.79 Å². The summed E-state index contributed by atoms with van der Waals surface area (Å²) in [6.45, 7) is 1.81. The van der Waals surface area contributed by atoms with Crippen LogP contribution in [0.3, 0.4) is 0 Å². The maximum absolute atomic E-state index is 12.6. The maximum atomic E-state index is 12.6. The molecule has 13 nitrogen and oxygen atoms in total. The minimum absolute atomic E-state index is 0.0891. The van der Waals surface area contributed by atoms with Crippen LogP contribution in [0, 0.1) is 0 Å². The molecule has 0 bridgehead atoms. The smallest absolute Gasteiger partial charge is 0.302 e. The topological polar surface area (TPSA) is 139 Å². The summed E-state index contributed by atoms with van der Waals surface area (Å²) in [5, 5.41) is 12.3. The lowest BCUT2D eigenvalue weighted by molar-refractivity contribution is -0.374. The van der Waals surface area contributed by atoms with Gasteiger partial charge in [-0.2, -0.15) is 0 Å². The molecule has 2 fully saturated rings. The fraction of sp³-hybridized carbons (Fsp3) is 0.339. The van der Waals surface area contributed by atoms with Crippen LogP contribution in [-0.2, 0) is 80.5 Å². The molecule has 0 radical (unpaired) electrons. The van der Waals surface area contributed by atoms with Crippen LogP contribution in [0.1, 0.15) is 34.7 Å². The molecule has 0 unspecified atom stereocenters. The highest BCUT2D eigenvalue weighted by atomic mass is 16.8. The van der Waals surface area contributed by atoms with E-state index in [1.165, 1.54) is 6.92 Å². The molecule has 2 aliphatic rings. The third-order valence-electron chi connectivity index (χ3n) is 11.8. The van der Waals surface area contributed by atoms with Gasteiger partial charge in [-0.25, -0.2) is 0 Å². The molecule has 6 aromatic carbocycles. The predicted octanol–water partition coefficient (Wildman–Crippen LogP) is 8.39. The molecular formula is C56H60O13. The van der Waals surface area contributed by atoms with Crippen molar-refractivity contribution < 1.29 is 62.0 Å². The Hall–Kier alpha value is -5.97. The second-order valence-corrected chi connectivity index (χ2v) is 16.8. The Labute approximate surface area is 403 Å². The van der Waals surface area contributed by atoms with Gasteiger partial charge < -0.3 is 57.2 Å². The van der Waals surface area contributed by atoms with Crippen LogP contribution in [-0.4, -0.2) is 92.8 Å². The molecule has 1 N–H and O–H groups in total. The number of methoxy groups -OCH3 is 1. The van der Waals surface area contributed by atoms with Gasteiger partial charge in [0.15, 0.2) is 12.6 Å². The van der Waals surface area contributed by atoms with Crippen molar-refractivity contribution in [2.24, 2.45) is 0 Å². The van der Waals surface area contributed by atoms with Crippen LogP contribution in [0.15, 0.2) is 176 Å². The molecule has 69 heavy (non-hydrogen) atoms. The minimum Gasteiger partial charge on any atom is -0.497 e. The average molecular weight is 941 g/mol. The molecule has 2 heterocycles. The normalized spacial score (nSPS) is 24.6. The number of carbonyl (C=O) groups excluding carboxylic acids is 1. The van der Waals surface area contributed by atoms with E-state index in [4.69, 9.17) is 52.1 Å². The number of rotatable bonds is 23. The van der Waals surface area contributed by atoms with Gasteiger partial charge in [0.25, 0.3) is 0 Å². The maximum Gasteiger partial charge on any atom is 0.302 e. The molecule has 8 rings (SSSR count). The van der Waals surface area contributed by atoms with E-state index in [-0.39, 0.29) is 46.2 Å². The van der Waals surface area contributed by atoms with Crippen LogP contribution in [0.2, 0.25) is 0 Å². The zero-order valence-corrected chi connectivity index (χ0v) is 38.8. The summed E-state index contributed by atoms with van der Waals surface area (Å²) in [7, 11) is 1.59. The summed E-state index contributed by atoms with van der Waals surface area (Å²) in [5.41, 5.74) is 4.49. The first kappa shape index (κ1) is 49.5. The molecule has 0 spiro atoms. The van der Waals surface area contributed by atoms with Gasteiger partial charge in [-0.15, -0.1) is 0 Å². The van der Waals surface area contributed by atoms with E-state index >= 15 is 0 Å². The Bertz CT molecular complexity index is 2380. The molecule has 13 heteroatoms. The summed E-state index contributed by atoms with van der Waals surface area (Å²) in [5.74, 6) is 0.678. The lowest BCUT2D eigenvalue weighted by atomic mass is 9.96. The predicted molar refractivity (Wildman–Crippen MR) is 255 cm³/mol. The number of ether oxygens (including phenoxy) is 11. The van der Waals surface area contributed by atoms with Gasteiger partial charge in [0.1, 0.15) is 73.5 Å². The number of aliphatic hydroxyl groups is 1. The summed E-state index contributed by atoms with van der Waals surface area (Å²) in [6.07, 6.45) is -10.5. The molecule has 0 aliphatic carbocycles. The van der Waals surface area contributed by atoms with Crippen molar-refractivity contribution in [2.75, 3.05) is 20.3 Å². The highest BCUT2D eigenvalue weighted by Gasteiger charge is 2.54. The minimum atomic E-state index is -1.25. The van der Waals surface area contributed by atoms with Crippen molar-refractivity contribution in [2.45, 2.75) is 101 Å². The third kappa shape index (κ3) is 14.3.